The fraction of sp³-hybridized carbons (Fsp3) is 0.143. The highest BCUT2D eigenvalue weighted by Gasteiger charge is 2.27. The number of rotatable bonds is 4. The maximum atomic E-state index is 12.3. The summed E-state index contributed by atoms with van der Waals surface area (Å²) in [6.45, 7) is -1.42. The van der Waals surface area contributed by atoms with Crippen LogP contribution in [0.25, 0.3) is 28.2 Å². The second kappa shape index (κ2) is 9.33. The Morgan fingerprint density at radius 3 is 2.61 bits per heavy atom. The van der Waals surface area contributed by atoms with Crippen molar-refractivity contribution in [2.24, 2.45) is 7.05 Å². The number of aromatic nitrogens is 4. The zero-order valence-electron chi connectivity index (χ0n) is 17.1. The van der Waals surface area contributed by atoms with Crippen LogP contribution in [-0.2, 0) is 7.05 Å². The Bertz CT molecular complexity index is 1370. The number of nitrogens with one attached hydrogen (secondary N) is 2. The summed E-state index contributed by atoms with van der Waals surface area (Å²) in [7, 11) is 1.57. The normalized spacial score (nSPS) is 11.2. The van der Waals surface area contributed by atoms with Gasteiger partial charge in [-0.15, -0.1) is 12.4 Å². The number of carbonyl (C=O) groups is 1. The SMILES string of the molecule is Cl.Cn1nc(-c2ccn3c(-c4cccc(NC(=O)NCC(F)(F)F)c4)cnc3c2)ccc1=O. The highest BCUT2D eigenvalue weighted by molar-refractivity contribution is 5.90. The lowest BCUT2D eigenvalue weighted by Gasteiger charge is -2.11. The number of halogens is 4. The summed E-state index contributed by atoms with van der Waals surface area (Å²) in [5.74, 6) is 0. The molecule has 2 N–H and O–H groups in total. The number of fused-ring (bicyclic) bond motifs is 1. The van der Waals surface area contributed by atoms with Crippen molar-refractivity contribution in [2.45, 2.75) is 6.18 Å². The van der Waals surface area contributed by atoms with Crippen LogP contribution in [0.4, 0.5) is 23.7 Å². The molecule has 33 heavy (non-hydrogen) atoms. The van der Waals surface area contributed by atoms with Crippen LogP contribution in [0.1, 0.15) is 0 Å². The van der Waals surface area contributed by atoms with Crippen molar-refractivity contribution in [3.63, 3.8) is 0 Å². The Morgan fingerprint density at radius 1 is 1.09 bits per heavy atom. The standard InChI is InChI=1S/C21H17F3N6O2.ClH/c1-29-19(31)6-5-16(28-29)13-7-8-30-17(11-25-18(30)10-13)14-3-2-4-15(9-14)27-20(32)26-12-21(22,23)24;/h2-11H,12H2,1H3,(H2,26,27,32);1H. The third-order valence-corrected chi connectivity index (χ3v) is 4.64. The molecule has 8 nitrogen and oxygen atoms in total. The van der Waals surface area contributed by atoms with E-state index in [2.05, 4.69) is 15.4 Å². The first-order valence-corrected chi connectivity index (χ1v) is 9.43. The molecule has 0 spiro atoms. The Balaban J connectivity index is 0.00000306. The molecule has 0 bridgehead atoms. The highest BCUT2D eigenvalue weighted by Crippen LogP contribution is 2.26. The van der Waals surface area contributed by atoms with Crippen molar-refractivity contribution in [3.05, 3.63) is 71.3 Å². The van der Waals surface area contributed by atoms with Gasteiger partial charge in [-0.1, -0.05) is 12.1 Å². The van der Waals surface area contributed by atoms with Crippen LogP contribution >= 0.6 is 12.4 Å². The van der Waals surface area contributed by atoms with Gasteiger partial charge in [-0.05, 0) is 30.3 Å². The predicted molar refractivity (Wildman–Crippen MR) is 119 cm³/mol. The van der Waals surface area contributed by atoms with Crippen LogP contribution in [0.15, 0.2) is 65.7 Å². The molecule has 4 aromatic rings. The molecular formula is C21H18ClF3N6O2. The van der Waals surface area contributed by atoms with Crippen LogP contribution in [0.2, 0.25) is 0 Å². The van der Waals surface area contributed by atoms with E-state index in [0.29, 0.717) is 22.6 Å². The second-order valence-electron chi connectivity index (χ2n) is 6.97. The average molecular weight is 479 g/mol. The lowest BCUT2D eigenvalue weighted by atomic mass is 10.1. The van der Waals surface area contributed by atoms with Gasteiger partial charge >= 0.3 is 12.2 Å². The van der Waals surface area contributed by atoms with E-state index in [1.54, 1.807) is 55.1 Å². The van der Waals surface area contributed by atoms with Gasteiger partial charge in [0.2, 0.25) is 0 Å². The van der Waals surface area contributed by atoms with Crippen molar-refractivity contribution in [1.82, 2.24) is 24.5 Å². The number of benzene rings is 1. The molecule has 0 saturated heterocycles. The van der Waals surface area contributed by atoms with Crippen molar-refractivity contribution in [3.8, 4) is 22.5 Å². The highest BCUT2D eigenvalue weighted by atomic mass is 35.5. The van der Waals surface area contributed by atoms with Gasteiger partial charge in [0.1, 0.15) is 12.2 Å². The Morgan fingerprint density at radius 2 is 1.88 bits per heavy atom. The second-order valence-corrected chi connectivity index (χ2v) is 6.97. The summed E-state index contributed by atoms with van der Waals surface area (Å²) >= 11 is 0. The van der Waals surface area contributed by atoms with Gasteiger partial charge in [0.25, 0.3) is 5.56 Å². The number of nitrogens with zero attached hydrogens (tertiary/aromatic N) is 4. The van der Waals surface area contributed by atoms with Crippen LogP contribution in [0.3, 0.4) is 0 Å². The molecule has 0 fully saturated rings. The number of hydrogen-bond acceptors (Lipinski definition) is 4. The van der Waals surface area contributed by atoms with Crippen molar-refractivity contribution >= 4 is 29.8 Å². The minimum Gasteiger partial charge on any atom is -0.329 e. The first-order valence-electron chi connectivity index (χ1n) is 9.43. The monoisotopic (exact) mass is 478 g/mol. The van der Waals surface area contributed by atoms with Crippen molar-refractivity contribution in [1.29, 1.82) is 0 Å². The summed E-state index contributed by atoms with van der Waals surface area (Å²) < 4.78 is 39.8. The fourth-order valence-electron chi connectivity index (χ4n) is 3.12. The molecule has 3 heterocycles. The molecule has 1 aromatic carbocycles. The number of anilines is 1. The maximum absolute atomic E-state index is 12.3. The molecule has 0 aliphatic carbocycles. The number of imidazole rings is 1. The number of aryl methyl sites for hydroxylation is 1. The van der Waals surface area contributed by atoms with Gasteiger partial charge < -0.3 is 10.6 Å². The number of pyridine rings is 1. The van der Waals surface area contributed by atoms with Gasteiger partial charge in [0.15, 0.2) is 0 Å². The van der Waals surface area contributed by atoms with E-state index in [1.165, 1.54) is 10.7 Å². The van der Waals surface area contributed by atoms with E-state index in [0.717, 1.165) is 11.3 Å². The maximum Gasteiger partial charge on any atom is 0.405 e. The van der Waals surface area contributed by atoms with E-state index in [9.17, 15) is 22.8 Å². The number of hydrogen-bond donors (Lipinski definition) is 2. The molecule has 0 atom stereocenters. The minimum absolute atomic E-state index is 0. The van der Waals surface area contributed by atoms with Crippen LogP contribution in [0.5, 0.6) is 0 Å². The van der Waals surface area contributed by atoms with Crippen LogP contribution in [0, 0.1) is 0 Å². The van der Waals surface area contributed by atoms with Gasteiger partial charge in [-0.25, -0.2) is 14.5 Å². The third kappa shape index (κ3) is 5.50. The third-order valence-electron chi connectivity index (χ3n) is 4.64. The van der Waals surface area contributed by atoms with E-state index in [4.69, 9.17) is 0 Å². The zero-order chi connectivity index (χ0) is 22.9. The van der Waals surface area contributed by atoms with Gasteiger partial charge in [-0.3, -0.25) is 9.20 Å². The lowest BCUT2D eigenvalue weighted by Crippen LogP contribution is -2.36. The first kappa shape index (κ1) is 23.8. The molecule has 0 aliphatic heterocycles. The van der Waals surface area contributed by atoms with Gasteiger partial charge in [0.05, 0.1) is 17.6 Å². The molecule has 0 unspecified atom stereocenters. The van der Waals surface area contributed by atoms with Gasteiger partial charge in [-0.2, -0.15) is 18.3 Å². The summed E-state index contributed by atoms with van der Waals surface area (Å²) in [5, 5.41) is 8.39. The van der Waals surface area contributed by atoms with E-state index in [-0.39, 0.29) is 18.0 Å². The number of urea groups is 1. The largest absolute Gasteiger partial charge is 0.405 e. The molecule has 2 amide bonds. The Kier molecular flexibility index (Phi) is 6.73. The summed E-state index contributed by atoms with van der Waals surface area (Å²) in [5.41, 5.74) is 3.59. The summed E-state index contributed by atoms with van der Waals surface area (Å²) in [6, 6.07) is 12.5. The molecule has 3 aromatic heterocycles. The van der Waals surface area contributed by atoms with Crippen molar-refractivity contribution < 1.29 is 18.0 Å². The van der Waals surface area contributed by atoms with E-state index in [1.807, 2.05) is 16.5 Å². The molecule has 4 rings (SSSR count). The minimum atomic E-state index is -4.49. The van der Waals surface area contributed by atoms with E-state index < -0.39 is 18.8 Å². The zero-order valence-corrected chi connectivity index (χ0v) is 17.9. The quantitative estimate of drug-likeness (QED) is 0.465. The summed E-state index contributed by atoms with van der Waals surface area (Å²) in [6.07, 6.45) is -1.04. The number of alkyl halides is 3. The van der Waals surface area contributed by atoms with E-state index >= 15 is 0 Å². The number of amides is 2. The topological polar surface area (TPSA) is 93.3 Å². The molecule has 172 valence electrons. The molecule has 0 saturated carbocycles. The molecule has 0 aliphatic rings. The Labute approximate surface area is 191 Å². The molecule has 0 radical (unpaired) electrons. The van der Waals surface area contributed by atoms with Gasteiger partial charge in [0, 0.05) is 36.1 Å². The first-order chi connectivity index (χ1) is 15.2. The lowest BCUT2D eigenvalue weighted by molar-refractivity contribution is -0.122. The summed E-state index contributed by atoms with van der Waals surface area (Å²) in [4.78, 5) is 27.7. The Hall–Kier alpha value is -3.86. The predicted octanol–water partition coefficient (Wildman–Crippen LogP) is 3.87. The fourth-order valence-corrected chi connectivity index (χ4v) is 3.12. The number of carbonyl (C=O) groups excluding carboxylic acids is 1. The van der Waals surface area contributed by atoms with Crippen LogP contribution in [-0.4, -0.2) is 37.9 Å². The average Bonchev–Trinajstić information content (AvgIpc) is 3.17. The smallest absolute Gasteiger partial charge is 0.329 e. The molecule has 12 heteroatoms. The molecular weight excluding hydrogens is 461 g/mol. The van der Waals surface area contributed by atoms with Crippen LogP contribution < -0.4 is 16.2 Å². The van der Waals surface area contributed by atoms with Crippen molar-refractivity contribution in [2.75, 3.05) is 11.9 Å².